The number of ether oxygens (including phenoxy) is 1. The van der Waals surface area contributed by atoms with Gasteiger partial charge in [-0.3, -0.25) is 0 Å². The predicted octanol–water partition coefficient (Wildman–Crippen LogP) is 1.71. The molecule has 1 fully saturated rings. The molecule has 1 aliphatic heterocycles. The first-order chi connectivity index (χ1) is 7.66. The minimum Gasteiger partial charge on any atom is -0.375 e. The molecular weight excluding hydrogens is 198 g/mol. The van der Waals surface area contributed by atoms with E-state index in [1.54, 1.807) is 0 Å². The lowest BCUT2D eigenvalue weighted by Gasteiger charge is -2.34. The normalized spacial score (nSPS) is 24.2. The smallest absolute Gasteiger partial charge is 0.101 e. The van der Waals surface area contributed by atoms with Gasteiger partial charge >= 0.3 is 0 Å². The summed E-state index contributed by atoms with van der Waals surface area (Å²) in [5.41, 5.74) is 1.47. The highest BCUT2D eigenvalue weighted by Crippen LogP contribution is 2.22. The van der Waals surface area contributed by atoms with E-state index >= 15 is 0 Å². The maximum atomic E-state index is 5.73. The van der Waals surface area contributed by atoms with Crippen molar-refractivity contribution in [3.8, 4) is 0 Å². The zero-order chi connectivity index (χ0) is 11.4. The first-order valence-electron chi connectivity index (χ1n) is 6.17. The first kappa shape index (κ1) is 11.6. The summed E-state index contributed by atoms with van der Waals surface area (Å²) in [6.45, 7) is 6.37. The van der Waals surface area contributed by atoms with Crippen LogP contribution >= 0.6 is 0 Å². The Morgan fingerprint density at radius 1 is 1.31 bits per heavy atom. The molecule has 2 rings (SSSR count). The van der Waals surface area contributed by atoms with Gasteiger partial charge < -0.3 is 10.1 Å². The van der Waals surface area contributed by atoms with Crippen LogP contribution in [0.3, 0.4) is 0 Å². The van der Waals surface area contributed by atoms with Crippen LogP contribution in [-0.2, 0) is 11.3 Å². The van der Waals surface area contributed by atoms with E-state index in [2.05, 4.69) is 49.5 Å². The number of nitrogens with two attached hydrogens (primary N) is 1. The summed E-state index contributed by atoms with van der Waals surface area (Å²) < 4.78 is 5.73. The summed E-state index contributed by atoms with van der Waals surface area (Å²) in [5.74, 6) is 0. The van der Waals surface area contributed by atoms with E-state index in [0.717, 1.165) is 19.6 Å². The van der Waals surface area contributed by atoms with Crippen LogP contribution in [0.5, 0.6) is 0 Å². The molecule has 1 aliphatic rings. The molecule has 0 amide bonds. The third-order valence-electron chi connectivity index (χ3n) is 3.26. The fraction of sp³-hybridized carbons (Fsp3) is 0.571. The Balaban J connectivity index is 1.82. The molecule has 0 saturated carbocycles. The Kier molecular flexibility index (Phi) is 3.62. The number of hydrogen-bond donors (Lipinski definition) is 1. The van der Waals surface area contributed by atoms with Crippen LogP contribution in [-0.4, -0.2) is 18.2 Å². The minimum atomic E-state index is 0.0656. The van der Waals surface area contributed by atoms with Gasteiger partial charge in [-0.25, -0.2) is 0 Å². The minimum absolute atomic E-state index is 0.0656. The molecular formula is C14H22NO+. The topological polar surface area (TPSA) is 25.8 Å². The van der Waals surface area contributed by atoms with Crippen molar-refractivity contribution in [1.82, 2.24) is 0 Å². The van der Waals surface area contributed by atoms with Gasteiger partial charge in [-0.1, -0.05) is 30.3 Å². The van der Waals surface area contributed by atoms with Crippen LogP contribution in [0, 0.1) is 0 Å². The SMILES string of the molecule is CC1(C)CC([NH2+]Cc2ccccc2)CCO1. The van der Waals surface area contributed by atoms with Crippen molar-refractivity contribution in [2.45, 2.75) is 44.9 Å². The monoisotopic (exact) mass is 220 g/mol. The molecule has 2 nitrogen and oxygen atoms in total. The second-order valence-electron chi connectivity index (χ2n) is 5.29. The van der Waals surface area contributed by atoms with E-state index in [1.807, 2.05) is 0 Å². The van der Waals surface area contributed by atoms with E-state index in [9.17, 15) is 0 Å². The molecule has 0 aliphatic carbocycles. The van der Waals surface area contributed by atoms with Crippen molar-refractivity contribution in [2.24, 2.45) is 0 Å². The van der Waals surface area contributed by atoms with Crippen molar-refractivity contribution in [1.29, 1.82) is 0 Å². The number of hydrogen-bond acceptors (Lipinski definition) is 1. The summed E-state index contributed by atoms with van der Waals surface area (Å²) in [4.78, 5) is 0. The largest absolute Gasteiger partial charge is 0.375 e. The first-order valence-corrected chi connectivity index (χ1v) is 6.17. The third-order valence-corrected chi connectivity index (χ3v) is 3.26. The molecule has 0 radical (unpaired) electrons. The van der Waals surface area contributed by atoms with Crippen molar-refractivity contribution < 1.29 is 10.1 Å². The van der Waals surface area contributed by atoms with Gasteiger partial charge in [0.25, 0.3) is 0 Å². The summed E-state index contributed by atoms with van der Waals surface area (Å²) >= 11 is 0. The van der Waals surface area contributed by atoms with Crippen LogP contribution in [0.2, 0.25) is 0 Å². The van der Waals surface area contributed by atoms with E-state index in [-0.39, 0.29) is 5.60 Å². The lowest BCUT2D eigenvalue weighted by Crippen LogP contribution is -2.89. The molecule has 0 bridgehead atoms. The lowest BCUT2D eigenvalue weighted by molar-refractivity contribution is -0.709. The van der Waals surface area contributed by atoms with Crippen molar-refractivity contribution >= 4 is 0 Å². The maximum absolute atomic E-state index is 5.73. The van der Waals surface area contributed by atoms with Crippen molar-refractivity contribution in [3.63, 3.8) is 0 Å². The van der Waals surface area contributed by atoms with E-state index in [1.165, 1.54) is 12.0 Å². The van der Waals surface area contributed by atoms with Gasteiger partial charge in [0, 0.05) is 18.4 Å². The Morgan fingerprint density at radius 2 is 2.06 bits per heavy atom. The molecule has 1 heterocycles. The van der Waals surface area contributed by atoms with Crippen LogP contribution in [0.4, 0.5) is 0 Å². The molecule has 1 unspecified atom stereocenters. The van der Waals surface area contributed by atoms with Gasteiger partial charge in [0.05, 0.1) is 18.2 Å². The van der Waals surface area contributed by atoms with Crippen LogP contribution in [0.15, 0.2) is 30.3 Å². The Bertz CT molecular complexity index is 321. The molecule has 1 aromatic carbocycles. The number of rotatable bonds is 3. The van der Waals surface area contributed by atoms with E-state index in [0.29, 0.717) is 6.04 Å². The second kappa shape index (κ2) is 4.98. The molecule has 0 spiro atoms. The van der Waals surface area contributed by atoms with Gasteiger partial charge in [-0.15, -0.1) is 0 Å². The van der Waals surface area contributed by atoms with Crippen molar-refractivity contribution in [3.05, 3.63) is 35.9 Å². The average molecular weight is 220 g/mol. The standard InChI is InChI=1S/C14H21NO/c1-14(2)10-13(8-9-16-14)15-11-12-6-4-3-5-7-12/h3-7,13,15H,8-11H2,1-2H3/p+1. The third kappa shape index (κ3) is 3.32. The fourth-order valence-electron chi connectivity index (χ4n) is 2.40. The molecule has 0 aromatic heterocycles. The highest BCUT2D eigenvalue weighted by atomic mass is 16.5. The van der Waals surface area contributed by atoms with E-state index in [4.69, 9.17) is 4.74 Å². The molecule has 16 heavy (non-hydrogen) atoms. The Labute approximate surface area is 98.0 Å². The summed E-state index contributed by atoms with van der Waals surface area (Å²) in [6, 6.07) is 11.4. The predicted molar refractivity (Wildman–Crippen MR) is 65.1 cm³/mol. The fourth-order valence-corrected chi connectivity index (χ4v) is 2.40. The van der Waals surface area contributed by atoms with Crippen LogP contribution in [0.25, 0.3) is 0 Å². The highest BCUT2D eigenvalue weighted by molar-refractivity contribution is 5.13. The highest BCUT2D eigenvalue weighted by Gasteiger charge is 2.30. The molecule has 1 aromatic rings. The summed E-state index contributed by atoms with van der Waals surface area (Å²) in [6.07, 6.45) is 2.33. The summed E-state index contributed by atoms with van der Waals surface area (Å²) in [7, 11) is 0. The van der Waals surface area contributed by atoms with Crippen LogP contribution in [0.1, 0.15) is 32.3 Å². The van der Waals surface area contributed by atoms with E-state index < -0.39 is 0 Å². The number of quaternary nitrogens is 1. The molecule has 1 saturated heterocycles. The van der Waals surface area contributed by atoms with Gasteiger partial charge in [0.1, 0.15) is 6.54 Å². The summed E-state index contributed by atoms with van der Waals surface area (Å²) in [5, 5.41) is 2.46. The zero-order valence-corrected chi connectivity index (χ0v) is 10.3. The van der Waals surface area contributed by atoms with Gasteiger partial charge in [-0.2, -0.15) is 0 Å². The Morgan fingerprint density at radius 3 is 2.75 bits per heavy atom. The Hall–Kier alpha value is -0.860. The lowest BCUT2D eigenvalue weighted by atomic mass is 9.94. The van der Waals surface area contributed by atoms with Crippen molar-refractivity contribution in [2.75, 3.05) is 6.61 Å². The van der Waals surface area contributed by atoms with Crippen LogP contribution < -0.4 is 5.32 Å². The number of benzene rings is 1. The second-order valence-corrected chi connectivity index (χ2v) is 5.29. The van der Waals surface area contributed by atoms with Gasteiger partial charge in [0.15, 0.2) is 0 Å². The molecule has 2 N–H and O–H groups in total. The zero-order valence-electron chi connectivity index (χ0n) is 10.3. The molecule has 2 heteroatoms. The maximum Gasteiger partial charge on any atom is 0.101 e. The quantitative estimate of drug-likeness (QED) is 0.824. The van der Waals surface area contributed by atoms with Gasteiger partial charge in [0.2, 0.25) is 0 Å². The molecule has 1 atom stereocenters. The average Bonchev–Trinajstić information content (AvgIpc) is 2.27. The van der Waals surface area contributed by atoms with Gasteiger partial charge in [-0.05, 0) is 13.8 Å². The molecule has 88 valence electrons.